The lowest BCUT2D eigenvalue weighted by atomic mass is 9.91. The Balaban J connectivity index is 1.95. The van der Waals surface area contributed by atoms with E-state index in [0.29, 0.717) is 17.4 Å². The van der Waals surface area contributed by atoms with Crippen LogP contribution in [-0.4, -0.2) is 6.17 Å². The molecule has 1 aliphatic heterocycles. The third kappa shape index (κ3) is 3.47. The molecule has 31 heavy (non-hydrogen) atoms. The molecule has 3 nitrogen and oxygen atoms in total. The Bertz CT molecular complexity index is 1130. The molecule has 0 amide bonds. The van der Waals surface area contributed by atoms with Crippen LogP contribution in [0.4, 0.5) is 22.7 Å². The highest BCUT2D eigenvalue weighted by molar-refractivity contribution is 5.90. The zero-order chi connectivity index (χ0) is 22.3. The summed E-state index contributed by atoms with van der Waals surface area (Å²) in [6, 6.07) is 23.7. The predicted octanol–water partition coefficient (Wildman–Crippen LogP) is 7.75. The van der Waals surface area contributed by atoms with E-state index >= 15 is 0 Å². The molecule has 3 heteroatoms. The molecule has 1 heterocycles. The largest absolute Gasteiger partial charge is 0.318 e. The number of para-hydroxylation sites is 3. The lowest BCUT2D eigenvalue weighted by Crippen LogP contribution is -2.36. The molecule has 3 aromatic rings. The number of rotatable bonds is 4. The minimum Gasteiger partial charge on any atom is -0.318 e. The maximum atomic E-state index is 9.31. The second kappa shape index (κ2) is 8.12. The van der Waals surface area contributed by atoms with Gasteiger partial charge in [0, 0.05) is 5.69 Å². The molecule has 0 fully saturated rings. The van der Waals surface area contributed by atoms with Crippen LogP contribution in [0.25, 0.3) is 0 Å². The van der Waals surface area contributed by atoms with Crippen LogP contribution in [0.2, 0.25) is 0 Å². The zero-order valence-electron chi connectivity index (χ0n) is 19.3. The van der Waals surface area contributed by atoms with Crippen molar-refractivity contribution in [1.82, 2.24) is 0 Å². The minimum absolute atomic E-state index is 0.112. The number of nitriles is 1. The molecule has 0 bridgehead atoms. The molecule has 4 rings (SSSR count). The molecule has 1 aliphatic rings. The fourth-order valence-electron chi connectivity index (χ4n) is 4.81. The normalized spacial score (nSPS) is 15.5. The van der Waals surface area contributed by atoms with Crippen molar-refractivity contribution in [2.75, 3.05) is 9.80 Å². The smallest absolute Gasteiger partial charge is 0.108 e. The van der Waals surface area contributed by atoms with Crippen molar-refractivity contribution in [3.05, 3.63) is 82.9 Å². The first-order chi connectivity index (χ1) is 14.8. The maximum Gasteiger partial charge on any atom is 0.108 e. The highest BCUT2D eigenvalue weighted by Crippen LogP contribution is 2.51. The van der Waals surface area contributed by atoms with Crippen molar-refractivity contribution in [2.24, 2.45) is 0 Å². The Hall–Kier alpha value is -3.25. The van der Waals surface area contributed by atoms with Crippen molar-refractivity contribution in [3.63, 3.8) is 0 Å². The molecule has 0 unspecified atom stereocenters. The number of aryl methyl sites for hydroxylation is 1. The zero-order valence-corrected chi connectivity index (χ0v) is 19.3. The third-order valence-corrected chi connectivity index (χ3v) is 6.32. The van der Waals surface area contributed by atoms with E-state index in [4.69, 9.17) is 0 Å². The second-order valence-corrected chi connectivity index (χ2v) is 9.07. The van der Waals surface area contributed by atoms with Crippen LogP contribution in [0.5, 0.6) is 0 Å². The van der Waals surface area contributed by atoms with Crippen molar-refractivity contribution < 1.29 is 0 Å². The van der Waals surface area contributed by atoms with Gasteiger partial charge in [-0.3, -0.25) is 0 Å². The lowest BCUT2D eigenvalue weighted by Gasteiger charge is -2.35. The highest BCUT2D eigenvalue weighted by atomic mass is 15.4. The molecule has 0 saturated heterocycles. The Morgan fingerprint density at radius 2 is 1.35 bits per heavy atom. The van der Waals surface area contributed by atoms with Crippen molar-refractivity contribution in [1.29, 1.82) is 5.26 Å². The van der Waals surface area contributed by atoms with Crippen LogP contribution < -0.4 is 9.80 Å². The standard InChI is InChI=1S/C28H31N3/c1-18(2)23-10-9-11-24(19(3)4)28(23)31-21(6)30(26-12-7-8-13-27(26)31)25-15-14-22(17-29)16-20(25)5/h7-16,18-19,21H,1-6H3/t21-/m0/s1. The Kier molecular flexibility index (Phi) is 5.50. The average Bonchev–Trinajstić information content (AvgIpc) is 3.04. The van der Waals surface area contributed by atoms with Crippen LogP contribution in [0, 0.1) is 18.3 Å². The van der Waals surface area contributed by atoms with E-state index < -0.39 is 0 Å². The Morgan fingerprint density at radius 1 is 0.774 bits per heavy atom. The van der Waals surface area contributed by atoms with Crippen LogP contribution in [0.15, 0.2) is 60.7 Å². The lowest BCUT2D eigenvalue weighted by molar-refractivity contribution is 0.736. The quantitative estimate of drug-likeness (QED) is 0.441. The number of fused-ring (bicyclic) bond motifs is 1. The van der Waals surface area contributed by atoms with Gasteiger partial charge in [-0.15, -0.1) is 0 Å². The van der Waals surface area contributed by atoms with Gasteiger partial charge in [0.15, 0.2) is 0 Å². The summed E-state index contributed by atoms with van der Waals surface area (Å²) in [5, 5.41) is 9.31. The molecule has 0 spiro atoms. The van der Waals surface area contributed by atoms with Crippen molar-refractivity contribution >= 4 is 22.7 Å². The predicted molar refractivity (Wildman–Crippen MR) is 131 cm³/mol. The molecule has 0 N–H and O–H groups in total. The first kappa shape index (κ1) is 21.0. The highest BCUT2D eigenvalue weighted by Gasteiger charge is 2.37. The van der Waals surface area contributed by atoms with E-state index in [1.165, 1.54) is 28.2 Å². The van der Waals surface area contributed by atoms with Gasteiger partial charge in [0.05, 0.1) is 28.7 Å². The molecule has 3 aromatic carbocycles. The second-order valence-electron chi connectivity index (χ2n) is 9.07. The van der Waals surface area contributed by atoms with Gasteiger partial charge in [0.2, 0.25) is 0 Å². The average molecular weight is 410 g/mol. The monoisotopic (exact) mass is 409 g/mol. The molecular weight excluding hydrogens is 378 g/mol. The fraction of sp³-hybridized carbons (Fsp3) is 0.321. The van der Waals surface area contributed by atoms with Crippen molar-refractivity contribution in [2.45, 2.75) is 59.5 Å². The number of anilines is 4. The molecule has 0 aliphatic carbocycles. The van der Waals surface area contributed by atoms with Gasteiger partial charge >= 0.3 is 0 Å². The summed E-state index contributed by atoms with van der Waals surface area (Å²) < 4.78 is 0. The topological polar surface area (TPSA) is 30.3 Å². The Morgan fingerprint density at radius 3 is 1.87 bits per heavy atom. The number of hydrogen-bond donors (Lipinski definition) is 0. The Labute approximate surface area is 186 Å². The summed E-state index contributed by atoms with van der Waals surface area (Å²) >= 11 is 0. The summed E-state index contributed by atoms with van der Waals surface area (Å²) in [6.07, 6.45) is 0.112. The van der Waals surface area contributed by atoms with E-state index in [2.05, 4.69) is 106 Å². The summed E-state index contributed by atoms with van der Waals surface area (Å²) in [7, 11) is 0. The molecule has 0 aromatic heterocycles. The van der Waals surface area contributed by atoms with Crippen LogP contribution in [0.1, 0.15) is 68.7 Å². The summed E-state index contributed by atoms with van der Waals surface area (Å²) in [6.45, 7) is 13.5. The molecule has 0 saturated carbocycles. The van der Waals surface area contributed by atoms with Gasteiger partial charge in [-0.2, -0.15) is 5.26 Å². The third-order valence-electron chi connectivity index (χ3n) is 6.32. The maximum absolute atomic E-state index is 9.31. The van der Waals surface area contributed by atoms with E-state index in [9.17, 15) is 5.26 Å². The SMILES string of the molecule is Cc1cc(C#N)ccc1N1c2ccccc2N(c2c(C(C)C)cccc2C(C)C)[C@H]1C. The van der Waals surface area contributed by atoms with Crippen LogP contribution in [-0.2, 0) is 0 Å². The summed E-state index contributed by atoms with van der Waals surface area (Å²) in [5.41, 5.74) is 9.49. The summed E-state index contributed by atoms with van der Waals surface area (Å²) in [5.74, 6) is 0.859. The molecule has 1 atom stereocenters. The first-order valence-corrected chi connectivity index (χ1v) is 11.2. The van der Waals surface area contributed by atoms with Gasteiger partial charge < -0.3 is 9.80 Å². The van der Waals surface area contributed by atoms with E-state index in [0.717, 1.165) is 11.3 Å². The summed E-state index contributed by atoms with van der Waals surface area (Å²) in [4.78, 5) is 4.92. The number of benzene rings is 3. The fourth-order valence-corrected chi connectivity index (χ4v) is 4.81. The van der Waals surface area contributed by atoms with Crippen molar-refractivity contribution in [3.8, 4) is 6.07 Å². The minimum atomic E-state index is 0.112. The van der Waals surface area contributed by atoms with E-state index in [-0.39, 0.29) is 6.17 Å². The number of hydrogen-bond acceptors (Lipinski definition) is 3. The van der Waals surface area contributed by atoms with Gasteiger partial charge in [0.25, 0.3) is 0 Å². The van der Waals surface area contributed by atoms with Gasteiger partial charge in [-0.1, -0.05) is 58.0 Å². The van der Waals surface area contributed by atoms with E-state index in [1.807, 2.05) is 12.1 Å². The van der Waals surface area contributed by atoms with Crippen LogP contribution >= 0.6 is 0 Å². The first-order valence-electron chi connectivity index (χ1n) is 11.2. The van der Waals surface area contributed by atoms with Gasteiger partial charge in [-0.05, 0) is 72.7 Å². The molecule has 0 radical (unpaired) electrons. The van der Waals surface area contributed by atoms with Gasteiger partial charge in [-0.25, -0.2) is 0 Å². The molecular formula is C28H31N3. The van der Waals surface area contributed by atoms with Crippen LogP contribution in [0.3, 0.4) is 0 Å². The van der Waals surface area contributed by atoms with E-state index in [1.54, 1.807) is 0 Å². The molecule has 158 valence electrons. The van der Waals surface area contributed by atoms with Gasteiger partial charge in [0.1, 0.15) is 6.17 Å². The number of nitrogens with zero attached hydrogens (tertiary/aromatic N) is 3.